The Labute approximate surface area is 117 Å². The van der Waals surface area contributed by atoms with Crippen LogP contribution >= 0.6 is 0 Å². The molecule has 20 heavy (non-hydrogen) atoms. The molecule has 0 heterocycles. The predicted octanol–water partition coefficient (Wildman–Crippen LogP) is 2.65. The fourth-order valence-corrected chi connectivity index (χ4v) is 2.28. The van der Waals surface area contributed by atoms with E-state index in [0.29, 0.717) is 30.4 Å². The minimum Gasteiger partial charge on any atom is -0.380 e. The molecule has 0 aromatic heterocycles. The molecule has 1 saturated carbocycles. The van der Waals surface area contributed by atoms with Crippen molar-refractivity contribution in [3.05, 3.63) is 33.9 Å². The van der Waals surface area contributed by atoms with Crippen LogP contribution in [0.5, 0.6) is 0 Å². The summed E-state index contributed by atoms with van der Waals surface area (Å²) in [7, 11) is 0. The summed E-state index contributed by atoms with van der Waals surface area (Å²) >= 11 is 0. The number of carbonyl (C=O) groups is 1. The fourth-order valence-electron chi connectivity index (χ4n) is 2.28. The van der Waals surface area contributed by atoms with Crippen LogP contribution in [0.15, 0.2) is 18.2 Å². The molecule has 0 unspecified atom stereocenters. The van der Waals surface area contributed by atoms with Crippen molar-refractivity contribution >= 4 is 17.3 Å². The van der Waals surface area contributed by atoms with Crippen molar-refractivity contribution in [1.82, 2.24) is 4.90 Å². The van der Waals surface area contributed by atoms with Gasteiger partial charge in [0.2, 0.25) is 0 Å². The number of rotatable bonds is 6. The number of hydrogen-bond acceptors (Lipinski definition) is 4. The third-order valence-corrected chi connectivity index (χ3v) is 3.40. The SMILES string of the molecule is CCNc1cc(C(=O)N(CC)C2CC2)ccc1[N+](=O)[O-]. The van der Waals surface area contributed by atoms with Gasteiger partial charge in [0.1, 0.15) is 5.69 Å². The zero-order valence-corrected chi connectivity index (χ0v) is 11.8. The third-order valence-electron chi connectivity index (χ3n) is 3.40. The van der Waals surface area contributed by atoms with Crippen LogP contribution in [0.4, 0.5) is 11.4 Å². The Morgan fingerprint density at radius 3 is 2.65 bits per heavy atom. The largest absolute Gasteiger partial charge is 0.380 e. The fraction of sp³-hybridized carbons (Fsp3) is 0.500. The minimum absolute atomic E-state index is 0.00197. The van der Waals surface area contributed by atoms with Crippen LogP contribution in [-0.2, 0) is 0 Å². The van der Waals surface area contributed by atoms with Gasteiger partial charge in [-0.25, -0.2) is 0 Å². The summed E-state index contributed by atoms with van der Waals surface area (Å²) in [5.41, 5.74) is 0.897. The lowest BCUT2D eigenvalue weighted by atomic mass is 10.1. The van der Waals surface area contributed by atoms with Gasteiger partial charge in [-0.05, 0) is 38.8 Å². The van der Waals surface area contributed by atoms with E-state index in [1.165, 1.54) is 12.1 Å². The lowest BCUT2D eigenvalue weighted by molar-refractivity contribution is -0.384. The number of nitrogens with one attached hydrogen (secondary N) is 1. The molecule has 0 spiro atoms. The molecule has 1 fully saturated rings. The van der Waals surface area contributed by atoms with Crippen LogP contribution in [0.1, 0.15) is 37.0 Å². The average Bonchev–Trinajstić information content (AvgIpc) is 3.24. The van der Waals surface area contributed by atoms with Gasteiger partial charge >= 0.3 is 0 Å². The van der Waals surface area contributed by atoms with E-state index in [1.54, 1.807) is 6.07 Å². The Morgan fingerprint density at radius 1 is 1.45 bits per heavy atom. The molecule has 0 saturated heterocycles. The standard InChI is InChI=1S/C14H19N3O3/c1-3-15-12-9-10(5-8-13(12)17(19)20)14(18)16(4-2)11-6-7-11/h5,8-9,11,15H,3-4,6-7H2,1-2H3. The highest BCUT2D eigenvalue weighted by atomic mass is 16.6. The average molecular weight is 277 g/mol. The second kappa shape index (κ2) is 5.90. The van der Waals surface area contributed by atoms with Crippen molar-refractivity contribution in [3.8, 4) is 0 Å². The number of nitro groups is 1. The second-order valence-corrected chi connectivity index (χ2v) is 4.84. The molecule has 0 atom stereocenters. The molecule has 1 amide bonds. The van der Waals surface area contributed by atoms with E-state index in [2.05, 4.69) is 5.32 Å². The first-order valence-electron chi connectivity index (χ1n) is 6.91. The van der Waals surface area contributed by atoms with E-state index < -0.39 is 4.92 Å². The number of hydrogen-bond donors (Lipinski definition) is 1. The maximum absolute atomic E-state index is 12.4. The van der Waals surface area contributed by atoms with Gasteiger partial charge in [-0.1, -0.05) is 0 Å². The Kier molecular flexibility index (Phi) is 4.22. The zero-order valence-electron chi connectivity index (χ0n) is 11.8. The molecule has 1 aliphatic rings. The van der Waals surface area contributed by atoms with Crippen LogP contribution in [0.3, 0.4) is 0 Å². The normalized spacial score (nSPS) is 13.9. The molecule has 0 bridgehead atoms. The van der Waals surface area contributed by atoms with Gasteiger partial charge in [0.25, 0.3) is 11.6 Å². The Hall–Kier alpha value is -2.11. The molecule has 6 heteroatoms. The van der Waals surface area contributed by atoms with Crippen molar-refractivity contribution < 1.29 is 9.72 Å². The van der Waals surface area contributed by atoms with Crippen LogP contribution in [0.2, 0.25) is 0 Å². The summed E-state index contributed by atoms with van der Waals surface area (Å²) in [6, 6.07) is 4.85. The van der Waals surface area contributed by atoms with Crippen molar-refractivity contribution in [2.75, 3.05) is 18.4 Å². The van der Waals surface area contributed by atoms with Crippen molar-refractivity contribution in [3.63, 3.8) is 0 Å². The summed E-state index contributed by atoms with van der Waals surface area (Å²) in [6.07, 6.45) is 2.10. The van der Waals surface area contributed by atoms with E-state index in [9.17, 15) is 14.9 Å². The summed E-state index contributed by atoms with van der Waals surface area (Å²) in [6.45, 7) is 5.04. The lowest BCUT2D eigenvalue weighted by Crippen LogP contribution is -2.32. The quantitative estimate of drug-likeness (QED) is 0.640. The highest BCUT2D eigenvalue weighted by Gasteiger charge is 2.32. The topological polar surface area (TPSA) is 75.5 Å². The second-order valence-electron chi connectivity index (χ2n) is 4.84. The van der Waals surface area contributed by atoms with Crippen molar-refractivity contribution in [2.24, 2.45) is 0 Å². The smallest absolute Gasteiger partial charge is 0.292 e. The molecule has 108 valence electrons. The molecule has 1 N–H and O–H groups in total. The van der Waals surface area contributed by atoms with Gasteiger partial charge in [0.05, 0.1) is 4.92 Å². The van der Waals surface area contributed by atoms with Crippen LogP contribution in [-0.4, -0.2) is 34.9 Å². The summed E-state index contributed by atoms with van der Waals surface area (Å²) < 4.78 is 0. The predicted molar refractivity (Wildman–Crippen MR) is 77.0 cm³/mol. The van der Waals surface area contributed by atoms with Crippen LogP contribution in [0.25, 0.3) is 0 Å². The first kappa shape index (κ1) is 14.3. The number of amides is 1. The van der Waals surface area contributed by atoms with Crippen LogP contribution in [0, 0.1) is 10.1 Å². The Bertz CT molecular complexity index is 526. The van der Waals surface area contributed by atoms with E-state index in [-0.39, 0.29) is 11.6 Å². The summed E-state index contributed by atoms with van der Waals surface area (Å²) in [5.74, 6) is -0.0518. The number of carbonyl (C=O) groups excluding carboxylic acids is 1. The van der Waals surface area contributed by atoms with E-state index in [0.717, 1.165) is 12.8 Å². The number of benzene rings is 1. The minimum atomic E-state index is -0.440. The monoisotopic (exact) mass is 277 g/mol. The molecule has 0 radical (unpaired) electrons. The van der Waals surface area contributed by atoms with Gasteiger partial charge < -0.3 is 10.2 Å². The molecule has 1 aromatic carbocycles. The first-order valence-corrected chi connectivity index (χ1v) is 6.91. The lowest BCUT2D eigenvalue weighted by Gasteiger charge is -2.20. The Morgan fingerprint density at radius 2 is 2.15 bits per heavy atom. The molecular formula is C14H19N3O3. The molecule has 0 aliphatic heterocycles. The molecule has 2 rings (SSSR count). The molecule has 6 nitrogen and oxygen atoms in total. The zero-order chi connectivity index (χ0) is 14.7. The van der Waals surface area contributed by atoms with Gasteiger partial charge in [-0.3, -0.25) is 14.9 Å². The van der Waals surface area contributed by atoms with Gasteiger partial charge in [0, 0.05) is 30.8 Å². The molecule has 1 aromatic rings. The maximum atomic E-state index is 12.4. The first-order chi connectivity index (χ1) is 9.58. The van der Waals surface area contributed by atoms with Crippen LogP contribution < -0.4 is 5.32 Å². The van der Waals surface area contributed by atoms with Gasteiger partial charge in [-0.15, -0.1) is 0 Å². The highest BCUT2D eigenvalue weighted by molar-refractivity contribution is 5.96. The van der Waals surface area contributed by atoms with Crippen molar-refractivity contribution in [2.45, 2.75) is 32.7 Å². The summed E-state index contributed by atoms with van der Waals surface area (Å²) in [4.78, 5) is 24.8. The maximum Gasteiger partial charge on any atom is 0.292 e. The molecule has 1 aliphatic carbocycles. The van der Waals surface area contributed by atoms with E-state index in [4.69, 9.17) is 0 Å². The number of nitro benzene ring substituents is 1. The Balaban J connectivity index is 2.29. The number of anilines is 1. The number of nitrogens with zero attached hydrogens (tertiary/aromatic N) is 2. The van der Waals surface area contributed by atoms with Gasteiger partial charge in [-0.2, -0.15) is 0 Å². The third kappa shape index (κ3) is 2.89. The van der Waals surface area contributed by atoms with E-state index in [1.807, 2.05) is 18.7 Å². The van der Waals surface area contributed by atoms with Gasteiger partial charge in [0.15, 0.2) is 0 Å². The summed E-state index contributed by atoms with van der Waals surface area (Å²) in [5, 5.41) is 13.9. The molecular weight excluding hydrogens is 258 g/mol. The van der Waals surface area contributed by atoms with E-state index >= 15 is 0 Å². The van der Waals surface area contributed by atoms with Crippen molar-refractivity contribution in [1.29, 1.82) is 0 Å². The highest BCUT2D eigenvalue weighted by Crippen LogP contribution is 2.30.